The standard InChI is InChI=1S/C12H24O/c1-5-8-11(7-3)12(9-6-2)10(4)13/h11-12H,5-9H2,1-4H3/t11?,12-/m1/s1. The van der Waals surface area contributed by atoms with Gasteiger partial charge in [0.15, 0.2) is 0 Å². The van der Waals surface area contributed by atoms with Crippen LogP contribution in [0.25, 0.3) is 0 Å². The van der Waals surface area contributed by atoms with Gasteiger partial charge in [-0.2, -0.15) is 0 Å². The van der Waals surface area contributed by atoms with Crippen LogP contribution < -0.4 is 0 Å². The lowest BCUT2D eigenvalue weighted by Crippen LogP contribution is -2.21. The fourth-order valence-electron chi connectivity index (χ4n) is 2.14. The lowest BCUT2D eigenvalue weighted by atomic mass is 9.81. The van der Waals surface area contributed by atoms with Crippen LogP contribution in [-0.2, 0) is 4.79 Å². The zero-order chi connectivity index (χ0) is 10.3. The SMILES string of the molecule is CCCC(CC)[C@H](CCC)C(C)=O. The molecule has 0 aromatic carbocycles. The van der Waals surface area contributed by atoms with E-state index in [-0.39, 0.29) is 0 Å². The quantitative estimate of drug-likeness (QED) is 0.588. The Morgan fingerprint density at radius 1 is 1.08 bits per heavy atom. The van der Waals surface area contributed by atoms with Crippen LogP contribution in [0.1, 0.15) is 59.8 Å². The monoisotopic (exact) mass is 184 g/mol. The molecule has 0 rings (SSSR count). The van der Waals surface area contributed by atoms with E-state index in [1.807, 2.05) is 0 Å². The summed E-state index contributed by atoms with van der Waals surface area (Å²) in [5.41, 5.74) is 0. The number of Topliss-reactive ketones (excluding diaryl/α,β-unsaturated/α-hetero) is 1. The Kier molecular flexibility index (Phi) is 6.93. The minimum atomic E-state index is 0.329. The van der Waals surface area contributed by atoms with E-state index in [1.54, 1.807) is 6.92 Å². The zero-order valence-electron chi connectivity index (χ0n) is 9.60. The van der Waals surface area contributed by atoms with Crippen LogP contribution in [0.2, 0.25) is 0 Å². The summed E-state index contributed by atoms with van der Waals surface area (Å²) in [7, 11) is 0. The first-order valence-corrected chi connectivity index (χ1v) is 5.67. The molecular weight excluding hydrogens is 160 g/mol. The van der Waals surface area contributed by atoms with E-state index in [0.717, 1.165) is 19.3 Å². The maximum absolute atomic E-state index is 11.4. The van der Waals surface area contributed by atoms with Crippen LogP contribution in [0.4, 0.5) is 0 Å². The van der Waals surface area contributed by atoms with E-state index in [0.29, 0.717) is 17.6 Å². The summed E-state index contributed by atoms with van der Waals surface area (Å²) >= 11 is 0. The van der Waals surface area contributed by atoms with Crippen molar-refractivity contribution in [3.8, 4) is 0 Å². The maximum Gasteiger partial charge on any atom is 0.133 e. The predicted octanol–water partition coefficient (Wildman–Crippen LogP) is 3.82. The summed E-state index contributed by atoms with van der Waals surface area (Å²) in [6.07, 6.45) is 5.77. The molecular formula is C12H24O. The highest BCUT2D eigenvalue weighted by Crippen LogP contribution is 2.26. The molecule has 0 N–H and O–H groups in total. The van der Waals surface area contributed by atoms with Gasteiger partial charge in [-0.15, -0.1) is 0 Å². The molecule has 78 valence electrons. The van der Waals surface area contributed by atoms with Crippen molar-refractivity contribution in [2.75, 3.05) is 0 Å². The van der Waals surface area contributed by atoms with Crippen LogP contribution in [0.3, 0.4) is 0 Å². The van der Waals surface area contributed by atoms with Gasteiger partial charge in [0.2, 0.25) is 0 Å². The zero-order valence-corrected chi connectivity index (χ0v) is 9.60. The van der Waals surface area contributed by atoms with Crippen molar-refractivity contribution in [1.29, 1.82) is 0 Å². The van der Waals surface area contributed by atoms with E-state index in [4.69, 9.17) is 0 Å². The molecule has 1 heteroatoms. The van der Waals surface area contributed by atoms with Crippen LogP contribution in [0, 0.1) is 11.8 Å². The normalized spacial score (nSPS) is 15.4. The van der Waals surface area contributed by atoms with E-state index < -0.39 is 0 Å². The van der Waals surface area contributed by atoms with Gasteiger partial charge in [-0.05, 0) is 19.3 Å². The number of hydrogen-bond donors (Lipinski definition) is 0. The maximum atomic E-state index is 11.4. The first-order valence-electron chi connectivity index (χ1n) is 5.67. The lowest BCUT2D eigenvalue weighted by molar-refractivity contribution is -0.122. The Morgan fingerprint density at radius 2 is 1.62 bits per heavy atom. The van der Waals surface area contributed by atoms with E-state index in [2.05, 4.69) is 20.8 Å². The van der Waals surface area contributed by atoms with Crippen LogP contribution >= 0.6 is 0 Å². The molecule has 13 heavy (non-hydrogen) atoms. The van der Waals surface area contributed by atoms with Crippen molar-refractivity contribution in [1.82, 2.24) is 0 Å². The fourth-order valence-corrected chi connectivity index (χ4v) is 2.14. The summed E-state index contributed by atoms with van der Waals surface area (Å²) in [5, 5.41) is 0. The Hall–Kier alpha value is -0.330. The highest BCUT2D eigenvalue weighted by Gasteiger charge is 2.22. The first kappa shape index (κ1) is 12.7. The Morgan fingerprint density at radius 3 is 1.92 bits per heavy atom. The largest absolute Gasteiger partial charge is 0.300 e. The second-order valence-corrected chi connectivity index (χ2v) is 3.96. The molecule has 0 bridgehead atoms. The van der Waals surface area contributed by atoms with E-state index >= 15 is 0 Å². The molecule has 0 aliphatic heterocycles. The number of rotatable bonds is 7. The molecule has 0 aliphatic rings. The van der Waals surface area contributed by atoms with Gasteiger partial charge in [0, 0.05) is 5.92 Å². The van der Waals surface area contributed by atoms with Gasteiger partial charge >= 0.3 is 0 Å². The molecule has 2 atom stereocenters. The molecule has 0 radical (unpaired) electrons. The molecule has 0 aromatic rings. The van der Waals surface area contributed by atoms with Crippen molar-refractivity contribution in [3.63, 3.8) is 0 Å². The van der Waals surface area contributed by atoms with Gasteiger partial charge in [-0.3, -0.25) is 4.79 Å². The minimum absolute atomic E-state index is 0.329. The van der Waals surface area contributed by atoms with Crippen molar-refractivity contribution >= 4 is 5.78 Å². The summed E-state index contributed by atoms with van der Waals surface area (Å²) in [4.78, 5) is 11.4. The number of carbonyl (C=O) groups is 1. The van der Waals surface area contributed by atoms with Crippen molar-refractivity contribution in [3.05, 3.63) is 0 Å². The summed E-state index contributed by atoms with van der Waals surface area (Å²) in [6.45, 7) is 8.31. The van der Waals surface area contributed by atoms with Gasteiger partial charge in [0.25, 0.3) is 0 Å². The van der Waals surface area contributed by atoms with Crippen molar-refractivity contribution in [2.45, 2.75) is 59.8 Å². The number of ketones is 1. The van der Waals surface area contributed by atoms with Crippen LogP contribution in [0.5, 0.6) is 0 Å². The Balaban J connectivity index is 4.20. The molecule has 0 spiro atoms. The van der Waals surface area contributed by atoms with Gasteiger partial charge in [0.05, 0.1) is 0 Å². The smallest absolute Gasteiger partial charge is 0.133 e. The summed E-state index contributed by atoms with van der Waals surface area (Å²) in [6, 6.07) is 0. The van der Waals surface area contributed by atoms with Crippen molar-refractivity contribution in [2.24, 2.45) is 11.8 Å². The average molecular weight is 184 g/mol. The molecule has 0 fully saturated rings. The molecule has 0 heterocycles. The molecule has 1 unspecified atom stereocenters. The highest BCUT2D eigenvalue weighted by molar-refractivity contribution is 5.78. The molecule has 0 saturated heterocycles. The molecule has 0 aromatic heterocycles. The van der Waals surface area contributed by atoms with E-state index in [9.17, 15) is 4.79 Å². The molecule has 1 nitrogen and oxygen atoms in total. The predicted molar refractivity (Wildman–Crippen MR) is 57.8 cm³/mol. The second kappa shape index (κ2) is 7.11. The third-order valence-corrected chi connectivity index (χ3v) is 2.87. The Labute approximate surface area is 82.9 Å². The third kappa shape index (κ3) is 4.44. The van der Waals surface area contributed by atoms with Gasteiger partial charge in [-0.1, -0.05) is 46.5 Å². The highest BCUT2D eigenvalue weighted by atomic mass is 16.1. The topological polar surface area (TPSA) is 17.1 Å². The molecule has 0 amide bonds. The first-order chi connectivity index (χ1) is 6.17. The van der Waals surface area contributed by atoms with Crippen molar-refractivity contribution < 1.29 is 4.79 Å². The van der Waals surface area contributed by atoms with Gasteiger partial charge in [0.1, 0.15) is 5.78 Å². The average Bonchev–Trinajstić information content (AvgIpc) is 2.10. The Bertz CT molecular complexity index is 140. The third-order valence-electron chi connectivity index (χ3n) is 2.87. The van der Waals surface area contributed by atoms with Crippen LogP contribution in [0.15, 0.2) is 0 Å². The van der Waals surface area contributed by atoms with Gasteiger partial charge in [-0.25, -0.2) is 0 Å². The molecule has 0 saturated carbocycles. The summed E-state index contributed by atoms with van der Waals surface area (Å²) in [5.74, 6) is 1.35. The lowest BCUT2D eigenvalue weighted by Gasteiger charge is -2.23. The van der Waals surface area contributed by atoms with Crippen LogP contribution in [-0.4, -0.2) is 5.78 Å². The second-order valence-electron chi connectivity index (χ2n) is 3.96. The van der Waals surface area contributed by atoms with E-state index in [1.165, 1.54) is 12.8 Å². The molecule has 0 aliphatic carbocycles. The number of carbonyl (C=O) groups excluding carboxylic acids is 1. The number of hydrogen-bond acceptors (Lipinski definition) is 1. The van der Waals surface area contributed by atoms with Gasteiger partial charge < -0.3 is 0 Å². The summed E-state index contributed by atoms with van der Waals surface area (Å²) < 4.78 is 0. The minimum Gasteiger partial charge on any atom is -0.300 e. The fraction of sp³-hybridized carbons (Fsp3) is 0.917.